The van der Waals surface area contributed by atoms with Gasteiger partial charge < -0.3 is 4.90 Å². The van der Waals surface area contributed by atoms with E-state index in [2.05, 4.69) is 44.6 Å². The molecule has 1 aliphatic heterocycles. The number of carbonyl (C=O) groups excluding carboxylic acids is 1. The number of hydrogen-bond acceptors (Lipinski definition) is 5. The van der Waals surface area contributed by atoms with E-state index in [1.54, 1.807) is 0 Å². The van der Waals surface area contributed by atoms with Crippen molar-refractivity contribution in [1.29, 1.82) is 0 Å². The van der Waals surface area contributed by atoms with Gasteiger partial charge in [-0.25, -0.2) is 9.67 Å². The molecule has 6 nitrogen and oxygen atoms in total. The molecule has 4 rings (SSSR count). The number of likely N-dealkylation sites (tertiary alicyclic amines) is 1. The maximum atomic E-state index is 13.5. The number of benzene rings is 1. The van der Waals surface area contributed by atoms with Crippen LogP contribution >= 0.6 is 11.3 Å². The zero-order valence-corrected chi connectivity index (χ0v) is 20.5. The Bertz CT molecular complexity index is 1040. The summed E-state index contributed by atoms with van der Waals surface area (Å²) >= 11 is 1.50. The van der Waals surface area contributed by atoms with Gasteiger partial charge in [-0.1, -0.05) is 18.2 Å². The van der Waals surface area contributed by atoms with Crippen molar-refractivity contribution in [2.24, 2.45) is 0 Å². The average Bonchev–Trinajstić information content (AvgIpc) is 3.44. The van der Waals surface area contributed by atoms with Crippen molar-refractivity contribution in [3.8, 4) is 16.3 Å². The molecule has 32 heavy (non-hydrogen) atoms. The number of para-hydroxylation sites is 1. The van der Waals surface area contributed by atoms with Crippen LogP contribution in [0.4, 0.5) is 0 Å². The summed E-state index contributed by atoms with van der Waals surface area (Å²) in [6.07, 6.45) is 5.78. The fourth-order valence-corrected chi connectivity index (χ4v) is 5.20. The van der Waals surface area contributed by atoms with Crippen LogP contribution in [-0.2, 0) is 0 Å². The molecule has 1 aromatic carbocycles. The minimum Gasteiger partial charge on any atom is -0.332 e. The van der Waals surface area contributed by atoms with E-state index < -0.39 is 0 Å². The first-order valence-electron chi connectivity index (χ1n) is 11.4. The zero-order chi connectivity index (χ0) is 22.9. The summed E-state index contributed by atoms with van der Waals surface area (Å²) in [5, 5.41) is 7.17. The van der Waals surface area contributed by atoms with Crippen LogP contribution in [0, 0.1) is 0 Å². The summed E-state index contributed by atoms with van der Waals surface area (Å²) in [6, 6.07) is 10.4. The molecule has 1 fully saturated rings. The maximum Gasteiger partial charge on any atom is 0.273 e. The van der Waals surface area contributed by atoms with Crippen molar-refractivity contribution >= 4 is 17.2 Å². The molecule has 0 spiro atoms. The van der Waals surface area contributed by atoms with Gasteiger partial charge in [0.2, 0.25) is 0 Å². The maximum absolute atomic E-state index is 13.5. The van der Waals surface area contributed by atoms with Crippen molar-refractivity contribution in [2.75, 3.05) is 13.1 Å². The number of amides is 1. The van der Waals surface area contributed by atoms with Gasteiger partial charge in [0, 0.05) is 47.9 Å². The van der Waals surface area contributed by atoms with E-state index in [0.717, 1.165) is 42.2 Å². The molecular formula is C25H33N5OS. The summed E-state index contributed by atoms with van der Waals surface area (Å²) in [5.74, 6) is 0.0344. The van der Waals surface area contributed by atoms with Crippen LogP contribution in [0.15, 0.2) is 48.1 Å². The molecule has 0 bridgehead atoms. The normalized spacial score (nSPS) is 15.9. The molecule has 0 saturated carbocycles. The fraction of sp³-hybridized carbons (Fsp3) is 0.480. The summed E-state index contributed by atoms with van der Waals surface area (Å²) in [4.78, 5) is 22.7. The SMILES string of the molecule is CC(C)N(C(=O)c1csc(-c2cnn(-c3ccccc3)c2)n1)C1CCN(C(C)(C)C)CC1. The summed E-state index contributed by atoms with van der Waals surface area (Å²) < 4.78 is 1.83. The van der Waals surface area contributed by atoms with Gasteiger partial charge in [-0.15, -0.1) is 11.3 Å². The van der Waals surface area contributed by atoms with Crippen molar-refractivity contribution < 1.29 is 4.79 Å². The highest BCUT2D eigenvalue weighted by molar-refractivity contribution is 7.13. The lowest BCUT2D eigenvalue weighted by Gasteiger charge is -2.44. The van der Waals surface area contributed by atoms with Crippen LogP contribution in [0.3, 0.4) is 0 Å². The predicted molar refractivity (Wildman–Crippen MR) is 130 cm³/mol. The number of hydrogen-bond donors (Lipinski definition) is 0. The largest absolute Gasteiger partial charge is 0.332 e. The first-order valence-corrected chi connectivity index (χ1v) is 12.3. The molecule has 0 N–H and O–H groups in total. The molecule has 0 radical (unpaired) electrons. The molecule has 1 aliphatic rings. The highest BCUT2D eigenvalue weighted by atomic mass is 32.1. The molecule has 0 unspecified atom stereocenters. The third-order valence-corrected chi connectivity index (χ3v) is 7.06. The second kappa shape index (κ2) is 9.16. The van der Waals surface area contributed by atoms with E-state index in [0.29, 0.717) is 5.69 Å². The number of piperidine rings is 1. The van der Waals surface area contributed by atoms with Crippen molar-refractivity contribution in [3.05, 3.63) is 53.8 Å². The number of thiazole rings is 1. The van der Waals surface area contributed by atoms with Gasteiger partial charge in [-0.3, -0.25) is 9.69 Å². The first-order chi connectivity index (χ1) is 15.2. The van der Waals surface area contributed by atoms with Gasteiger partial charge in [0.25, 0.3) is 5.91 Å². The summed E-state index contributed by atoms with van der Waals surface area (Å²) in [5.41, 5.74) is 2.63. The molecule has 1 saturated heterocycles. The Hall–Kier alpha value is -2.51. The summed E-state index contributed by atoms with van der Waals surface area (Å²) in [6.45, 7) is 13.0. The smallest absolute Gasteiger partial charge is 0.273 e. The minimum atomic E-state index is 0.0344. The quantitative estimate of drug-likeness (QED) is 0.541. The zero-order valence-electron chi connectivity index (χ0n) is 19.7. The monoisotopic (exact) mass is 451 g/mol. The third kappa shape index (κ3) is 4.79. The van der Waals surface area contributed by atoms with Gasteiger partial charge in [-0.05, 0) is 59.6 Å². The van der Waals surface area contributed by atoms with Crippen LogP contribution in [0.5, 0.6) is 0 Å². The lowest BCUT2D eigenvalue weighted by atomic mass is 9.96. The number of aromatic nitrogens is 3. The highest BCUT2D eigenvalue weighted by Crippen LogP contribution is 2.28. The highest BCUT2D eigenvalue weighted by Gasteiger charge is 2.34. The molecule has 0 aliphatic carbocycles. The van der Waals surface area contributed by atoms with E-state index in [1.807, 2.05) is 57.7 Å². The Morgan fingerprint density at radius 2 is 1.84 bits per heavy atom. The lowest BCUT2D eigenvalue weighted by Crippen LogP contribution is -2.53. The van der Waals surface area contributed by atoms with Crippen LogP contribution < -0.4 is 0 Å². The molecular weight excluding hydrogens is 418 g/mol. The predicted octanol–water partition coefficient (Wildman–Crippen LogP) is 5.11. The Balaban J connectivity index is 1.49. The lowest BCUT2D eigenvalue weighted by molar-refractivity contribution is 0.0340. The van der Waals surface area contributed by atoms with Crippen LogP contribution in [-0.4, -0.2) is 61.2 Å². The molecule has 3 aromatic rings. The second-order valence-corrected chi connectivity index (χ2v) is 10.6. The Kier molecular flexibility index (Phi) is 6.49. The molecule has 3 heterocycles. The number of carbonyl (C=O) groups is 1. The molecule has 2 aromatic heterocycles. The standard InChI is InChI=1S/C25H33N5OS/c1-18(2)30(21-11-13-28(14-12-21)25(3,4)5)24(31)22-17-32-23(27-22)19-15-26-29(16-19)20-9-7-6-8-10-20/h6-10,15-18,21H,11-14H2,1-5H3. The van der Waals surface area contributed by atoms with Crippen LogP contribution in [0.25, 0.3) is 16.3 Å². The Labute approximate surface area is 194 Å². The topological polar surface area (TPSA) is 54.3 Å². The van der Waals surface area contributed by atoms with Crippen LogP contribution in [0.2, 0.25) is 0 Å². The van der Waals surface area contributed by atoms with Gasteiger partial charge in [0.15, 0.2) is 0 Å². The first kappa shape index (κ1) is 22.7. The minimum absolute atomic E-state index is 0.0344. The van der Waals surface area contributed by atoms with E-state index in [4.69, 9.17) is 4.98 Å². The van der Waals surface area contributed by atoms with Gasteiger partial charge in [0.1, 0.15) is 10.7 Å². The molecule has 1 amide bonds. The number of nitrogens with zero attached hydrogens (tertiary/aromatic N) is 5. The van der Waals surface area contributed by atoms with Gasteiger partial charge >= 0.3 is 0 Å². The Morgan fingerprint density at radius 1 is 1.16 bits per heavy atom. The van der Waals surface area contributed by atoms with E-state index in [-0.39, 0.29) is 23.5 Å². The Morgan fingerprint density at radius 3 is 2.47 bits per heavy atom. The molecule has 170 valence electrons. The van der Waals surface area contributed by atoms with Gasteiger partial charge in [-0.2, -0.15) is 5.10 Å². The van der Waals surface area contributed by atoms with E-state index >= 15 is 0 Å². The van der Waals surface area contributed by atoms with E-state index in [9.17, 15) is 4.79 Å². The van der Waals surface area contributed by atoms with Crippen molar-refractivity contribution in [1.82, 2.24) is 24.6 Å². The fourth-order valence-electron chi connectivity index (χ4n) is 4.43. The summed E-state index contributed by atoms with van der Waals surface area (Å²) in [7, 11) is 0. The van der Waals surface area contributed by atoms with Crippen LogP contribution in [0.1, 0.15) is 57.9 Å². The number of rotatable bonds is 5. The van der Waals surface area contributed by atoms with Crippen molar-refractivity contribution in [2.45, 2.75) is 65.1 Å². The van der Waals surface area contributed by atoms with Crippen molar-refractivity contribution in [3.63, 3.8) is 0 Å². The molecule has 7 heteroatoms. The average molecular weight is 452 g/mol. The molecule has 0 atom stereocenters. The third-order valence-electron chi connectivity index (χ3n) is 6.17. The second-order valence-electron chi connectivity index (χ2n) is 9.74. The van der Waals surface area contributed by atoms with Gasteiger partial charge in [0.05, 0.1) is 11.9 Å². The van der Waals surface area contributed by atoms with E-state index in [1.165, 1.54) is 11.3 Å².